The van der Waals surface area contributed by atoms with Gasteiger partial charge < -0.3 is 10.2 Å². The lowest BCUT2D eigenvalue weighted by Crippen LogP contribution is -2.35. The Labute approximate surface area is 96.4 Å². The van der Waals surface area contributed by atoms with E-state index in [0.29, 0.717) is 6.04 Å². The third-order valence-electron chi connectivity index (χ3n) is 2.68. The van der Waals surface area contributed by atoms with Gasteiger partial charge in [0, 0.05) is 19.1 Å². The summed E-state index contributed by atoms with van der Waals surface area (Å²) in [5.74, 6) is 0.845. The predicted molar refractivity (Wildman–Crippen MR) is 69.3 cm³/mol. The summed E-state index contributed by atoms with van der Waals surface area (Å²) in [7, 11) is 0. The van der Waals surface area contributed by atoms with E-state index in [1.165, 1.54) is 32.5 Å². The highest BCUT2D eigenvalue weighted by molar-refractivity contribution is 4.60. The third-order valence-corrected chi connectivity index (χ3v) is 2.68. The van der Waals surface area contributed by atoms with Gasteiger partial charge in [-0.1, -0.05) is 34.6 Å². The van der Waals surface area contributed by atoms with Crippen LogP contribution in [0.4, 0.5) is 0 Å². The molecule has 0 bridgehead atoms. The maximum Gasteiger partial charge on any atom is 0.0107 e. The topological polar surface area (TPSA) is 15.3 Å². The van der Waals surface area contributed by atoms with Gasteiger partial charge in [-0.3, -0.25) is 0 Å². The van der Waals surface area contributed by atoms with Crippen LogP contribution in [0.1, 0.15) is 47.5 Å². The Morgan fingerprint density at radius 1 is 1.07 bits per heavy atom. The van der Waals surface area contributed by atoms with Crippen LogP contribution in [-0.4, -0.2) is 37.1 Å². The summed E-state index contributed by atoms with van der Waals surface area (Å²) in [6.07, 6.45) is 2.70. The third kappa shape index (κ3) is 10.2. The molecular formula is C13H30N2. The van der Waals surface area contributed by atoms with Crippen LogP contribution in [0.2, 0.25) is 0 Å². The van der Waals surface area contributed by atoms with Crippen LogP contribution in [0.15, 0.2) is 0 Å². The molecule has 0 unspecified atom stereocenters. The maximum absolute atomic E-state index is 3.47. The molecule has 1 N–H and O–H groups in total. The molecule has 0 atom stereocenters. The monoisotopic (exact) mass is 214 g/mol. The molecule has 92 valence electrons. The van der Waals surface area contributed by atoms with Crippen molar-refractivity contribution < 1.29 is 0 Å². The fraction of sp³-hybridized carbons (Fsp3) is 1.00. The SMILES string of the molecule is CCN(CCCC(C)C)CCNC(C)C. The summed E-state index contributed by atoms with van der Waals surface area (Å²) < 4.78 is 0. The lowest BCUT2D eigenvalue weighted by atomic mass is 10.1. The van der Waals surface area contributed by atoms with Crippen LogP contribution < -0.4 is 5.32 Å². The summed E-state index contributed by atoms with van der Waals surface area (Å²) in [5, 5.41) is 3.47. The highest BCUT2D eigenvalue weighted by Crippen LogP contribution is 2.04. The van der Waals surface area contributed by atoms with Crippen molar-refractivity contribution in [2.75, 3.05) is 26.2 Å². The second-order valence-corrected chi connectivity index (χ2v) is 5.08. The molecule has 0 amide bonds. The van der Waals surface area contributed by atoms with E-state index in [-0.39, 0.29) is 0 Å². The van der Waals surface area contributed by atoms with Gasteiger partial charge in [0.05, 0.1) is 0 Å². The first-order valence-electron chi connectivity index (χ1n) is 6.52. The van der Waals surface area contributed by atoms with Crippen LogP contribution in [0.3, 0.4) is 0 Å². The molecule has 15 heavy (non-hydrogen) atoms. The zero-order valence-corrected chi connectivity index (χ0v) is 11.3. The number of likely N-dealkylation sites (N-methyl/N-ethyl adjacent to an activating group) is 1. The molecule has 0 spiro atoms. The van der Waals surface area contributed by atoms with Crippen LogP contribution in [-0.2, 0) is 0 Å². The van der Waals surface area contributed by atoms with E-state index in [9.17, 15) is 0 Å². The molecule has 0 aromatic rings. The first-order valence-corrected chi connectivity index (χ1v) is 6.52. The number of hydrogen-bond acceptors (Lipinski definition) is 2. The van der Waals surface area contributed by atoms with Crippen LogP contribution in [0.5, 0.6) is 0 Å². The molecule has 0 saturated carbocycles. The van der Waals surface area contributed by atoms with Crippen molar-refractivity contribution in [2.45, 2.75) is 53.5 Å². The fourth-order valence-electron chi connectivity index (χ4n) is 1.66. The molecule has 2 heteroatoms. The molecule has 0 aliphatic heterocycles. The van der Waals surface area contributed by atoms with Crippen molar-refractivity contribution >= 4 is 0 Å². The minimum Gasteiger partial charge on any atom is -0.313 e. The first-order chi connectivity index (χ1) is 7.06. The van der Waals surface area contributed by atoms with Gasteiger partial charge in [-0.2, -0.15) is 0 Å². The highest BCUT2D eigenvalue weighted by Gasteiger charge is 2.02. The van der Waals surface area contributed by atoms with E-state index < -0.39 is 0 Å². The Hall–Kier alpha value is -0.0800. The Morgan fingerprint density at radius 2 is 1.73 bits per heavy atom. The Bertz CT molecular complexity index is 118. The Kier molecular flexibility index (Phi) is 9.12. The summed E-state index contributed by atoms with van der Waals surface area (Å²) in [6, 6.07) is 0.611. The van der Waals surface area contributed by atoms with Gasteiger partial charge in [-0.05, 0) is 31.8 Å². The molecule has 2 nitrogen and oxygen atoms in total. The number of rotatable bonds is 9. The smallest absolute Gasteiger partial charge is 0.0107 e. The molecule has 0 radical (unpaired) electrons. The maximum atomic E-state index is 3.47. The van der Waals surface area contributed by atoms with Crippen molar-refractivity contribution in [3.05, 3.63) is 0 Å². The van der Waals surface area contributed by atoms with Gasteiger partial charge in [0.1, 0.15) is 0 Å². The molecule has 0 aromatic carbocycles. The average molecular weight is 214 g/mol. The number of nitrogens with one attached hydrogen (secondary N) is 1. The predicted octanol–water partition coefficient (Wildman–Crippen LogP) is 2.74. The van der Waals surface area contributed by atoms with Crippen molar-refractivity contribution in [2.24, 2.45) is 5.92 Å². The van der Waals surface area contributed by atoms with Crippen molar-refractivity contribution in [1.82, 2.24) is 10.2 Å². The minimum absolute atomic E-state index is 0.611. The molecular weight excluding hydrogens is 184 g/mol. The average Bonchev–Trinajstić information content (AvgIpc) is 2.14. The molecule has 0 fully saturated rings. The van der Waals surface area contributed by atoms with E-state index in [0.717, 1.165) is 12.5 Å². The molecule has 0 aliphatic carbocycles. The number of hydrogen-bond donors (Lipinski definition) is 1. The molecule has 0 rings (SSSR count). The summed E-state index contributed by atoms with van der Waals surface area (Å²) >= 11 is 0. The van der Waals surface area contributed by atoms with Gasteiger partial charge >= 0.3 is 0 Å². The molecule has 0 aromatic heterocycles. The zero-order chi connectivity index (χ0) is 11.7. The van der Waals surface area contributed by atoms with Gasteiger partial charge in [0.2, 0.25) is 0 Å². The van der Waals surface area contributed by atoms with Crippen LogP contribution in [0, 0.1) is 5.92 Å². The van der Waals surface area contributed by atoms with Gasteiger partial charge in [0.25, 0.3) is 0 Å². The highest BCUT2D eigenvalue weighted by atomic mass is 15.1. The van der Waals surface area contributed by atoms with Crippen LogP contribution in [0.25, 0.3) is 0 Å². The molecule has 0 aliphatic rings. The van der Waals surface area contributed by atoms with E-state index in [1.807, 2.05) is 0 Å². The summed E-state index contributed by atoms with van der Waals surface area (Å²) in [6.45, 7) is 16.0. The van der Waals surface area contributed by atoms with Crippen molar-refractivity contribution in [1.29, 1.82) is 0 Å². The summed E-state index contributed by atoms with van der Waals surface area (Å²) in [4.78, 5) is 2.54. The summed E-state index contributed by atoms with van der Waals surface area (Å²) in [5.41, 5.74) is 0. The second kappa shape index (κ2) is 9.17. The standard InChI is InChI=1S/C13H30N2/c1-6-15(10-7-8-12(2)3)11-9-14-13(4)5/h12-14H,6-11H2,1-5H3. The Morgan fingerprint density at radius 3 is 2.20 bits per heavy atom. The largest absolute Gasteiger partial charge is 0.313 e. The van der Waals surface area contributed by atoms with Crippen molar-refractivity contribution in [3.63, 3.8) is 0 Å². The normalized spacial score (nSPS) is 12.0. The van der Waals surface area contributed by atoms with Gasteiger partial charge in [-0.15, -0.1) is 0 Å². The molecule has 0 heterocycles. The quantitative estimate of drug-likeness (QED) is 0.635. The first kappa shape index (κ1) is 14.9. The lowest BCUT2D eigenvalue weighted by molar-refractivity contribution is 0.273. The van der Waals surface area contributed by atoms with Crippen LogP contribution >= 0.6 is 0 Å². The van der Waals surface area contributed by atoms with E-state index in [2.05, 4.69) is 44.8 Å². The second-order valence-electron chi connectivity index (χ2n) is 5.08. The van der Waals surface area contributed by atoms with E-state index in [4.69, 9.17) is 0 Å². The molecule has 0 saturated heterocycles. The van der Waals surface area contributed by atoms with Crippen molar-refractivity contribution in [3.8, 4) is 0 Å². The Balaban J connectivity index is 3.46. The van der Waals surface area contributed by atoms with Gasteiger partial charge in [-0.25, -0.2) is 0 Å². The zero-order valence-electron chi connectivity index (χ0n) is 11.3. The van der Waals surface area contributed by atoms with E-state index in [1.54, 1.807) is 0 Å². The lowest BCUT2D eigenvalue weighted by Gasteiger charge is -2.21. The minimum atomic E-state index is 0.611. The fourth-order valence-corrected chi connectivity index (χ4v) is 1.66. The van der Waals surface area contributed by atoms with E-state index >= 15 is 0 Å². The number of nitrogens with zero attached hydrogens (tertiary/aromatic N) is 1. The van der Waals surface area contributed by atoms with Gasteiger partial charge in [0.15, 0.2) is 0 Å².